The van der Waals surface area contributed by atoms with Crippen molar-refractivity contribution in [2.45, 2.75) is 86.1 Å². The Balaban J connectivity index is 5.15. The highest BCUT2D eigenvalue weighted by molar-refractivity contribution is 5.02. The summed E-state index contributed by atoms with van der Waals surface area (Å²) in [6, 6.07) is 0. The first kappa shape index (κ1) is 16.0. The maximum absolute atomic E-state index is 6.46. The maximum atomic E-state index is 6.46. The zero-order chi connectivity index (χ0) is 13.0. The van der Waals surface area contributed by atoms with Gasteiger partial charge in [-0.25, -0.2) is 0 Å². The topological polar surface area (TPSA) is 26.0 Å². The fourth-order valence-corrected chi connectivity index (χ4v) is 3.07. The van der Waals surface area contributed by atoms with Crippen LogP contribution in [-0.2, 0) is 0 Å². The van der Waals surface area contributed by atoms with Gasteiger partial charge in [0.15, 0.2) is 0 Å². The fraction of sp³-hybridized carbons (Fsp3) is 1.00. The van der Waals surface area contributed by atoms with Gasteiger partial charge in [-0.05, 0) is 37.5 Å². The first-order valence-corrected chi connectivity index (χ1v) is 6.97. The van der Waals surface area contributed by atoms with Crippen molar-refractivity contribution in [2.24, 2.45) is 16.6 Å². The number of rotatable bonds is 7. The Hall–Kier alpha value is -0.0400. The van der Waals surface area contributed by atoms with E-state index in [1.165, 1.54) is 25.7 Å². The quantitative estimate of drug-likeness (QED) is 0.667. The smallest absolute Gasteiger partial charge is 0.0156 e. The molecule has 2 atom stereocenters. The molecule has 0 saturated heterocycles. The van der Waals surface area contributed by atoms with Crippen LogP contribution in [0.3, 0.4) is 0 Å². The second-order valence-corrected chi connectivity index (χ2v) is 6.43. The van der Waals surface area contributed by atoms with E-state index in [-0.39, 0.29) is 11.0 Å². The number of hydrogen-bond acceptors (Lipinski definition) is 1. The Morgan fingerprint density at radius 2 is 1.38 bits per heavy atom. The monoisotopic (exact) mass is 227 g/mol. The van der Waals surface area contributed by atoms with Gasteiger partial charge in [0.2, 0.25) is 0 Å². The molecule has 0 saturated carbocycles. The predicted octanol–water partition coefficient (Wildman–Crippen LogP) is 4.75. The maximum Gasteiger partial charge on any atom is 0.0156 e. The molecule has 0 radical (unpaired) electrons. The van der Waals surface area contributed by atoms with Gasteiger partial charge in [-0.3, -0.25) is 0 Å². The van der Waals surface area contributed by atoms with Crippen LogP contribution in [0.1, 0.15) is 80.6 Å². The summed E-state index contributed by atoms with van der Waals surface area (Å²) in [5.41, 5.74) is 6.92. The molecule has 0 aliphatic carbocycles. The molecule has 0 aromatic heterocycles. The highest BCUT2D eigenvalue weighted by Crippen LogP contribution is 2.53. The molecule has 0 fully saturated rings. The molecular formula is C15H33N. The third-order valence-corrected chi connectivity index (χ3v) is 5.32. The van der Waals surface area contributed by atoms with Crippen LogP contribution in [0, 0.1) is 10.8 Å². The number of nitrogens with two attached hydrogens (primary N) is 1. The molecule has 1 heteroatoms. The molecule has 0 aromatic carbocycles. The summed E-state index contributed by atoms with van der Waals surface area (Å²) in [7, 11) is 0. The van der Waals surface area contributed by atoms with Gasteiger partial charge in [0, 0.05) is 5.54 Å². The molecule has 1 nitrogen and oxygen atoms in total. The average molecular weight is 227 g/mol. The summed E-state index contributed by atoms with van der Waals surface area (Å²) in [4.78, 5) is 0. The van der Waals surface area contributed by atoms with Crippen molar-refractivity contribution in [2.75, 3.05) is 0 Å². The van der Waals surface area contributed by atoms with Gasteiger partial charge in [-0.15, -0.1) is 0 Å². The SMILES string of the molecule is CCCCC(C)(CC)C(C)(CC)C(C)(C)N. The zero-order valence-electron chi connectivity index (χ0n) is 12.6. The van der Waals surface area contributed by atoms with E-state index < -0.39 is 0 Å². The van der Waals surface area contributed by atoms with Crippen LogP contribution in [0.25, 0.3) is 0 Å². The summed E-state index contributed by atoms with van der Waals surface area (Å²) in [5.74, 6) is 0. The first-order chi connectivity index (χ1) is 7.18. The standard InChI is InChI=1S/C15H33N/c1-8-11-12-14(6,9-2)15(7,10-3)13(4,5)16/h8-12,16H2,1-7H3. The van der Waals surface area contributed by atoms with Gasteiger partial charge < -0.3 is 5.73 Å². The third kappa shape index (κ3) is 2.80. The minimum absolute atomic E-state index is 0.111. The van der Waals surface area contributed by atoms with Crippen molar-refractivity contribution >= 4 is 0 Å². The van der Waals surface area contributed by atoms with Gasteiger partial charge in [0.1, 0.15) is 0 Å². The van der Waals surface area contributed by atoms with E-state index in [1.807, 2.05) is 0 Å². The largest absolute Gasteiger partial charge is 0.325 e. The van der Waals surface area contributed by atoms with Crippen LogP contribution < -0.4 is 5.73 Å². The molecule has 0 rings (SSSR count). The lowest BCUT2D eigenvalue weighted by atomic mass is 9.53. The molecule has 0 amide bonds. The van der Waals surface area contributed by atoms with Crippen molar-refractivity contribution < 1.29 is 0 Å². The molecule has 0 aromatic rings. The van der Waals surface area contributed by atoms with Crippen molar-refractivity contribution in [3.8, 4) is 0 Å². The highest BCUT2D eigenvalue weighted by Gasteiger charge is 2.49. The molecule has 0 spiro atoms. The lowest BCUT2D eigenvalue weighted by Gasteiger charge is -2.54. The van der Waals surface area contributed by atoms with Crippen LogP contribution >= 0.6 is 0 Å². The van der Waals surface area contributed by atoms with Gasteiger partial charge in [0.05, 0.1) is 0 Å². The van der Waals surface area contributed by atoms with E-state index in [9.17, 15) is 0 Å². The summed E-state index contributed by atoms with van der Waals surface area (Å²) in [6.07, 6.45) is 6.27. The summed E-state index contributed by atoms with van der Waals surface area (Å²) in [6.45, 7) is 16.1. The minimum atomic E-state index is -0.111. The molecule has 0 heterocycles. The third-order valence-electron chi connectivity index (χ3n) is 5.32. The van der Waals surface area contributed by atoms with Crippen molar-refractivity contribution in [3.05, 3.63) is 0 Å². The Morgan fingerprint density at radius 1 is 0.875 bits per heavy atom. The predicted molar refractivity (Wildman–Crippen MR) is 74.6 cm³/mol. The minimum Gasteiger partial charge on any atom is -0.325 e. The molecule has 16 heavy (non-hydrogen) atoms. The molecule has 0 aliphatic rings. The summed E-state index contributed by atoms with van der Waals surface area (Å²) < 4.78 is 0. The number of hydrogen-bond donors (Lipinski definition) is 1. The molecule has 98 valence electrons. The highest BCUT2D eigenvalue weighted by atomic mass is 14.8. The van der Waals surface area contributed by atoms with Crippen LogP contribution in [0.5, 0.6) is 0 Å². The average Bonchev–Trinajstić information content (AvgIpc) is 2.22. The summed E-state index contributed by atoms with van der Waals surface area (Å²) in [5, 5.41) is 0. The van der Waals surface area contributed by atoms with Crippen molar-refractivity contribution in [3.63, 3.8) is 0 Å². The van der Waals surface area contributed by atoms with Gasteiger partial charge in [-0.1, -0.05) is 53.9 Å². The van der Waals surface area contributed by atoms with Crippen LogP contribution in [0.2, 0.25) is 0 Å². The van der Waals surface area contributed by atoms with E-state index in [4.69, 9.17) is 5.73 Å². The van der Waals surface area contributed by atoms with Crippen molar-refractivity contribution in [1.82, 2.24) is 0 Å². The van der Waals surface area contributed by atoms with E-state index in [1.54, 1.807) is 0 Å². The van der Waals surface area contributed by atoms with Gasteiger partial charge in [-0.2, -0.15) is 0 Å². The summed E-state index contributed by atoms with van der Waals surface area (Å²) >= 11 is 0. The lowest BCUT2D eigenvalue weighted by Crippen LogP contribution is -2.57. The van der Waals surface area contributed by atoms with E-state index in [0.29, 0.717) is 5.41 Å². The van der Waals surface area contributed by atoms with Crippen LogP contribution in [-0.4, -0.2) is 5.54 Å². The Kier molecular flexibility index (Phi) is 5.52. The van der Waals surface area contributed by atoms with Crippen molar-refractivity contribution in [1.29, 1.82) is 0 Å². The Morgan fingerprint density at radius 3 is 1.62 bits per heavy atom. The van der Waals surface area contributed by atoms with E-state index in [2.05, 4.69) is 48.5 Å². The van der Waals surface area contributed by atoms with E-state index in [0.717, 1.165) is 6.42 Å². The fourth-order valence-electron chi connectivity index (χ4n) is 3.07. The molecule has 2 N–H and O–H groups in total. The van der Waals surface area contributed by atoms with Crippen LogP contribution in [0.4, 0.5) is 0 Å². The second-order valence-electron chi connectivity index (χ2n) is 6.43. The molecule has 2 unspecified atom stereocenters. The van der Waals surface area contributed by atoms with Crippen LogP contribution in [0.15, 0.2) is 0 Å². The van der Waals surface area contributed by atoms with Gasteiger partial charge >= 0.3 is 0 Å². The van der Waals surface area contributed by atoms with Gasteiger partial charge in [0.25, 0.3) is 0 Å². The number of unbranched alkanes of at least 4 members (excludes halogenated alkanes) is 1. The molecular weight excluding hydrogens is 194 g/mol. The lowest BCUT2D eigenvalue weighted by molar-refractivity contribution is -0.0140. The zero-order valence-corrected chi connectivity index (χ0v) is 12.6. The molecule has 0 aliphatic heterocycles. The Bertz CT molecular complexity index is 204. The normalized spacial score (nSPS) is 20.2. The molecule has 0 bridgehead atoms. The second kappa shape index (κ2) is 5.53. The van der Waals surface area contributed by atoms with E-state index >= 15 is 0 Å². The Labute approximate surface area is 103 Å². The first-order valence-electron chi connectivity index (χ1n) is 6.97.